The third-order valence-electron chi connectivity index (χ3n) is 5.52. The van der Waals surface area contributed by atoms with Gasteiger partial charge < -0.3 is 20.3 Å². The van der Waals surface area contributed by atoms with Gasteiger partial charge in [0.1, 0.15) is 5.00 Å². The van der Waals surface area contributed by atoms with Gasteiger partial charge in [-0.15, -0.1) is 11.3 Å². The van der Waals surface area contributed by atoms with Crippen molar-refractivity contribution in [3.63, 3.8) is 0 Å². The maximum Gasteiger partial charge on any atom is 0.341 e. The minimum absolute atomic E-state index is 0.184. The molecule has 2 N–H and O–H groups in total. The molecule has 174 valence electrons. The van der Waals surface area contributed by atoms with Gasteiger partial charge in [0.25, 0.3) is 5.91 Å². The molecule has 9 heteroatoms. The average molecular weight is 469 g/mol. The molecular weight excluding hydrogens is 440 g/mol. The molecular formula is C24H28N4O4S. The summed E-state index contributed by atoms with van der Waals surface area (Å²) in [5.41, 5.74) is 1.32. The first-order chi connectivity index (χ1) is 15.9. The van der Waals surface area contributed by atoms with Gasteiger partial charge in [-0.2, -0.15) is 5.26 Å². The highest BCUT2D eigenvalue weighted by atomic mass is 32.1. The fourth-order valence-electron chi connectivity index (χ4n) is 3.87. The van der Waals surface area contributed by atoms with E-state index in [1.54, 1.807) is 26.0 Å². The third-order valence-corrected chi connectivity index (χ3v) is 6.72. The molecule has 1 unspecified atom stereocenters. The van der Waals surface area contributed by atoms with E-state index in [0.717, 1.165) is 30.7 Å². The lowest BCUT2D eigenvalue weighted by Crippen LogP contribution is -2.41. The van der Waals surface area contributed by atoms with Gasteiger partial charge in [-0.05, 0) is 50.9 Å². The van der Waals surface area contributed by atoms with Gasteiger partial charge in [0, 0.05) is 25.2 Å². The monoisotopic (exact) mass is 468 g/mol. The van der Waals surface area contributed by atoms with Crippen molar-refractivity contribution >= 4 is 39.8 Å². The molecule has 1 saturated heterocycles. The number of likely N-dealkylation sites (tertiary alicyclic amines) is 1. The molecule has 2 heterocycles. The number of hydrogen-bond acceptors (Lipinski definition) is 7. The Morgan fingerprint density at radius 3 is 2.70 bits per heavy atom. The summed E-state index contributed by atoms with van der Waals surface area (Å²) in [4.78, 5) is 41.1. The number of nitriles is 1. The predicted molar refractivity (Wildman–Crippen MR) is 127 cm³/mol. The van der Waals surface area contributed by atoms with Crippen molar-refractivity contribution in [3.05, 3.63) is 46.3 Å². The first-order valence-corrected chi connectivity index (χ1v) is 11.8. The van der Waals surface area contributed by atoms with Crippen LogP contribution >= 0.6 is 11.3 Å². The van der Waals surface area contributed by atoms with Crippen LogP contribution in [0.25, 0.3) is 0 Å². The SMILES string of the molecule is CCOC(=O)c1c(NC(=O)C2CCCN(CCC#N)C2)sc(C(=O)Nc2ccccc2)c1C. The van der Waals surface area contributed by atoms with Crippen molar-refractivity contribution in [2.24, 2.45) is 5.92 Å². The van der Waals surface area contributed by atoms with Crippen LogP contribution in [-0.2, 0) is 9.53 Å². The van der Waals surface area contributed by atoms with Crippen LogP contribution in [-0.4, -0.2) is 48.9 Å². The van der Waals surface area contributed by atoms with E-state index < -0.39 is 5.97 Å². The zero-order chi connectivity index (χ0) is 23.8. The molecule has 0 aliphatic carbocycles. The minimum atomic E-state index is -0.570. The van der Waals surface area contributed by atoms with Crippen molar-refractivity contribution in [3.8, 4) is 6.07 Å². The maximum atomic E-state index is 13.1. The van der Waals surface area contributed by atoms with E-state index in [2.05, 4.69) is 21.6 Å². The number of nitrogens with zero attached hydrogens (tertiary/aromatic N) is 2. The van der Waals surface area contributed by atoms with E-state index in [1.165, 1.54) is 0 Å². The Kier molecular flexibility index (Phi) is 8.58. The Hall–Kier alpha value is -3.22. The molecule has 33 heavy (non-hydrogen) atoms. The molecule has 0 saturated carbocycles. The van der Waals surface area contributed by atoms with E-state index in [1.807, 2.05) is 18.2 Å². The lowest BCUT2D eigenvalue weighted by atomic mass is 9.97. The van der Waals surface area contributed by atoms with E-state index in [-0.39, 0.29) is 29.9 Å². The summed E-state index contributed by atoms with van der Waals surface area (Å²) < 4.78 is 5.20. The summed E-state index contributed by atoms with van der Waals surface area (Å²) >= 11 is 1.07. The molecule has 3 rings (SSSR count). The number of para-hydroxylation sites is 1. The number of hydrogen-bond donors (Lipinski definition) is 2. The predicted octanol–water partition coefficient (Wildman–Crippen LogP) is 4.05. The van der Waals surface area contributed by atoms with Crippen LogP contribution in [0.1, 0.15) is 51.8 Å². The summed E-state index contributed by atoms with van der Waals surface area (Å²) in [6.45, 7) is 5.64. The highest BCUT2D eigenvalue weighted by Gasteiger charge is 2.30. The number of ether oxygens (including phenoxy) is 1. The zero-order valence-electron chi connectivity index (χ0n) is 18.8. The quantitative estimate of drug-likeness (QED) is 0.566. The van der Waals surface area contributed by atoms with E-state index in [4.69, 9.17) is 10.00 Å². The Balaban J connectivity index is 1.81. The molecule has 1 atom stereocenters. The van der Waals surface area contributed by atoms with Crippen molar-refractivity contribution in [2.45, 2.75) is 33.1 Å². The van der Waals surface area contributed by atoms with Crippen molar-refractivity contribution in [1.29, 1.82) is 5.26 Å². The largest absolute Gasteiger partial charge is 0.462 e. The van der Waals surface area contributed by atoms with Gasteiger partial charge in [-0.3, -0.25) is 9.59 Å². The lowest BCUT2D eigenvalue weighted by Gasteiger charge is -2.31. The van der Waals surface area contributed by atoms with Crippen LogP contribution < -0.4 is 10.6 Å². The summed E-state index contributed by atoms with van der Waals surface area (Å²) in [5.74, 6) is -1.37. The van der Waals surface area contributed by atoms with Crippen molar-refractivity contribution in [1.82, 2.24) is 4.90 Å². The number of carbonyl (C=O) groups excluding carboxylic acids is 3. The number of thiophene rings is 1. The fraction of sp³-hybridized carbons (Fsp3) is 0.417. The average Bonchev–Trinajstić information content (AvgIpc) is 3.14. The number of piperidine rings is 1. The van der Waals surface area contributed by atoms with Gasteiger partial charge in [-0.1, -0.05) is 18.2 Å². The fourth-order valence-corrected chi connectivity index (χ4v) is 4.96. The Morgan fingerprint density at radius 1 is 1.24 bits per heavy atom. The van der Waals surface area contributed by atoms with Crippen LogP contribution in [0.2, 0.25) is 0 Å². The number of carbonyl (C=O) groups is 3. The van der Waals surface area contributed by atoms with E-state index in [0.29, 0.717) is 40.6 Å². The smallest absolute Gasteiger partial charge is 0.341 e. The van der Waals surface area contributed by atoms with Gasteiger partial charge in [0.05, 0.1) is 29.0 Å². The number of esters is 1. The molecule has 2 amide bonds. The van der Waals surface area contributed by atoms with Crippen molar-refractivity contribution in [2.75, 3.05) is 36.9 Å². The van der Waals surface area contributed by atoms with E-state index >= 15 is 0 Å². The number of anilines is 2. The molecule has 1 aliphatic heterocycles. The topological polar surface area (TPSA) is 112 Å². The minimum Gasteiger partial charge on any atom is -0.462 e. The standard InChI is InChI=1S/C24H28N4O4S/c1-3-32-24(31)19-16(2)20(22(30)26-18-10-5-4-6-11-18)33-23(19)27-21(29)17-9-7-13-28(15-17)14-8-12-25/h4-6,10-11,17H,3,7-9,13-15H2,1-2H3,(H,26,30)(H,27,29). The number of rotatable bonds is 8. The second kappa shape index (κ2) is 11.6. The summed E-state index contributed by atoms with van der Waals surface area (Å²) in [6.07, 6.45) is 2.02. The third kappa shape index (κ3) is 6.18. The normalized spacial score (nSPS) is 16.0. The summed E-state index contributed by atoms with van der Waals surface area (Å²) in [5, 5.41) is 14.9. The first kappa shape index (κ1) is 24.4. The zero-order valence-corrected chi connectivity index (χ0v) is 19.7. The maximum absolute atomic E-state index is 13.1. The second-order valence-corrected chi connectivity index (χ2v) is 8.86. The number of benzene rings is 1. The lowest BCUT2D eigenvalue weighted by molar-refractivity contribution is -0.121. The molecule has 1 fully saturated rings. The highest BCUT2D eigenvalue weighted by Crippen LogP contribution is 2.35. The first-order valence-electron chi connectivity index (χ1n) is 11.0. The molecule has 1 aromatic heterocycles. The van der Waals surface area contributed by atoms with Crippen molar-refractivity contribution < 1.29 is 19.1 Å². The Labute approximate surface area is 197 Å². The van der Waals surface area contributed by atoms with Gasteiger partial charge in [0.2, 0.25) is 5.91 Å². The van der Waals surface area contributed by atoms with Crippen LogP contribution in [0.4, 0.5) is 10.7 Å². The van der Waals surface area contributed by atoms with Gasteiger partial charge in [0.15, 0.2) is 0 Å². The van der Waals surface area contributed by atoms with Crippen LogP contribution in [0, 0.1) is 24.2 Å². The highest BCUT2D eigenvalue weighted by molar-refractivity contribution is 7.19. The van der Waals surface area contributed by atoms with Crippen LogP contribution in [0.3, 0.4) is 0 Å². The molecule has 0 spiro atoms. The molecule has 8 nitrogen and oxygen atoms in total. The second-order valence-electron chi connectivity index (χ2n) is 7.84. The molecule has 0 radical (unpaired) electrons. The summed E-state index contributed by atoms with van der Waals surface area (Å²) in [7, 11) is 0. The van der Waals surface area contributed by atoms with Gasteiger partial charge in [-0.25, -0.2) is 4.79 Å². The number of amides is 2. The summed E-state index contributed by atoms with van der Waals surface area (Å²) in [6, 6.07) is 11.2. The van der Waals surface area contributed by atoms with Gasteiger partial charge >= 0.3 is 5.97 Å². The molecule has 0 bridgehead atoms. The number of nitrogens with one attached hydrogen (secondary N) is 2. The molecule has 1 aliphatic rings. The van der Waals surface area contributed by atoms with Crippen LogP contribution in [0.15, 0.2) is 30.3 Å². The molecule has 1 aromatic carbocycles. The van der Waals surface area contributed by atoms with Crippen LogP contribution in [0.5, 0.6) is 0 Å². The molecule has 2 aromatic rings. The Bertz CT molecular complexity index is 1040. The Morgan fingerprint density at radius 2 is 2.00 bits per heavy atom. The van der Waals surface area contributed by atoms with E-state index in [9.17, 15) is 14.4 Å².